The Bertz CT molecular complexity index is 544. The standard InChI is InChI=1S/C12H15NO2S/c1-3-13-7-10-8-16(14,15)12-5-4-9(2)6-11(10)12/h4-6,8,13H,3,7H2,1-2H3. The van der Waals surface area contributed by atoms with Crippen molar-refractivity contribution >= 4 is 15.4 Å². The smallest absolute Gasteiger partial charge is 0.200 e. The Morgan fingerprint density at radius 3 is 2.75 bits per heavy atom. The molecule has 86 valence electrons. The molecule has 0 amide bonds. The first-order valence-electron chi connectivity index (χ1n) is 5.32. The summed E-state index contributed by atoms with van der Waals surface area (Å²) in [4.78, 5) is 0.436. The van der Waals surface area contributed by atoms with Gasteiger partial charge in [-0.15, -0.1) is 0 Å². The van der Waals surface area contributed by atoms with E-state index in [0.29, 0.717) is 11.4 Å². The number of hydrogen-bond acceptors (Lipinski definition) is 3. The van der Waals surface area contributed by atoms with Crippen molar-refractivity contribution in [2.24, 2.45) is 0 Å². The number of fused-ring (bicyclic) bond motifs is 1. The monoisotopic (exact) mass is 237 g/mol. The Kier molecular flexibility index (Phi) is 2.86. The molecule has 0 unspecified atom stereocenters. The van der Waals surface area contributed by atoms with Crippen molar-refractivity contribution in [3.8, 4) is 0 Å². The van der Waals surface area contributed by atoms with Gasteiger partial charge in [0.05, 0.1) is 4.90 Å². The molecule has 1 aliphatic heterocycles. The van der Waals surface area contributed by atoms with Crippen LogP contribution in [0.2, 0.25) is 0 Å². The second kappa shape index (κ2) is 4.03. The third-order valence-corrected chi connectivity index (χ3v) is 4.21. The third kappa shape index (κ3) is 1.90. The molecule has 3 nitrogen and oxygen atoms in total. The van der Waals surface area contributed by atoms with Gasteiger partial charge >= 0.3 is 0 Å². The van der Waals surface area contributed by atoms with E-state index in [1.165, 1.54) is 5.41 Å². The molecule has 0 saturated carbocycles. The van der Waals surface area contributed by atoms with Crippen molar-refractivity contribution in [1.29, 1.82) is 0 Å². The fourth-order valence-corrected chi connectivity index (χ4v) is 3.32. The SMILES string of the molecule is CCNCC1=CS(=O)(=O)c2ccc(C)cc21. The predicted octanol–water partition coefficient (Wildman–Crippen LogP) is 1.73. The average molecular weight is 237 g/mol. The first-order chi connectivity index (χ1) is 7.54. The highest BCUT2D eigenvalue weighted by Crippen LogP contribution is 2.33. The lowest BCUT2D eigenvalue weighted by molar-refractivity contribution is 0.605. The second-order valence-electron chi connectivity index (χ2n) is 3.97. The van der Waals surface area contributed by atoms with Gasteiger partial charge in [0.25, 0.3) is 0 Å². The normalized spacial score (nSPS) is 17.0. The van der Waals surface area contributed by atoms with E-state index >= 15 is 0 Å². The van der Waals surface area contributed by atoms with E-state index in [2.05, 4.69) is 5.32 Å². The minimum atomic E-state index is -3.20. The molecule has 0 fully saturated rings. The lowest BCUT2D eigenvalue weighted by atomic mass is 10.1. The van der Waals surface area contributed by atoms with Crippen LogP contribution in [-0.2, 0) is 9.84 Å². The van der Waals surface area contributed by atoms with E-state index in [4.69, 9.17) is 0 Å². The van der Waals surface area contributed by atoms with Crippen LogP contribution < -0.4 is 5.32 Å². The highest BCUT2D eigenvalue weighted by molar-refractivity contribution is 7.95. The molecule has 1 aromatic rings. The fourth-order valence-electron chi connectivity index (χ4n) is 1.85. The molecule has 2 rings (SSSR count). The number of nitrogens with one attached hydrogen (secondary N) is 1. The van der Waals surface area contributed by atoms with Gasteiger partial charge in [-0.2, -0.15) is 0 Å². The van der Waals surface area contributed by atoms with Gasteiger partial charge in [-0.3, -0.25) is 0 Å². The number of rotatable bonds is 3. The van der Waals surface area contributed by atoms with Crippen molar-refractivity contribution in [1.82, 2.24) is 5.32 Å². The molecule has 0 aromatic heterocycles. The Hall–Kier alpha value is -1.13. The van der Waals surface area contributed by atoms with Crippen molar-refractivity contribution in [3.05, 3.63) is 34.7 Å². The van der Waals surface area contributed by atoms with Crippen LogP contribution in [0.1, 0.15) is 18.1 Å². The minimum absolute atomic E-state index is 0.436. The number of aryl methyl sites for hydroxylation is 1. The van der Waals surface area contributed by atoms with E-state index in [0.717, 1.165) is 23.2 Å². The van der Waals surface area contributed by atoms with Gasteiger partial charge in [0.1, 0.15) is 0 Å². The van der Waals surface area contributed by atoms with E-state index in [1.54, 1.807) is 6.07 Å². The fraction of sp³-hybridized carbons (Fsp3) is 0.333. The molecule has 0 radical (unpaired) electrons. The summed E-state index contributed by atoms with van der Waals surface area (Å²) in [5.41, 5.74) is 2.79. The third-order valence-electron chi connectivity index (χ3n) is 2.65. The molecule has 0 atom stereocenters. The zero-order valence-corrected chi connectivity index (χ0v) is 10.3. The van der Waals surface area contributed by atoms with Crippen molar-refractivity contribution in [2.45, 2.75) is 18.7 Å². The molecular weight excluding hydrogens is 222 g/mol. The summed E-state index contributed by atoms with van der Waals surface area (Å²) in [6.45, 7) is 5.40. The van der Waals surface area contributed by atoms with Crippen molar-refractivity contribution in [3.63, 3.8) is 0 Å². The summed E-state index contributed by atoms with van der Waals surface area (Å²) in [6.07, 6.45) is 0. The molecule has 1 N–H and O–H groups in total. The maximum absolute atomic E-state index is 11.8. The molecule has 0 bridgehead atoms. The van der Waals surface area contributed by atoms with Gasteiger partial charge in [0, 0.05) is 12.0 Å². The molecular formula is C12H15NO2S. The first kappa shape index (κ1) is 11.4. The van der Waals surface area contributed by atoms with Gasteiger partial charge in [0.15, 0.2) is 0 Å². The van der Waals surface area contributed by atoms with Gasteiger partial charge in [-0.1, -0.05) is 24.6 Å². The Labute approximate surface area is 96.1 Å². The molecule has 1 aliphatic rings. The summed E-state index contributed by atoms with van der Waals surface area (Å²) in [6, 6.07) is 5.46. The summed E-state index contributed by atoms with van der Waals surface area (Å²) < 4.78 is 23.7. The summed E-state index contributed by atoms with van der Waals surface area (Å²) >= 11 is 0. The maximum Gasteiger partial charge on any atom is 0.200 e. The van der Waals surface area contributed by atoms with E-state index in [-0.39, 0.29) is 0 Å². The lowest BCUT2D eigenvalue weighted by Gasteiger charge is -2.05. The molecule has 16 heavy (non-hydrogen) atoms. The minimum Gasteiger partial charge on any atom is -0.313 e. The number of sulfone groups is 1. The van der Waals surface area contributed by atoms with Crippen molar-refractivity contribution in [2.75, 3.05) is 13.1 Å². The van der Waals surface area contributed by atoms with Gasteiger partial charge in [0.2, 0.25) is 9.84 Å². The molecule has 1 heterocycles. The molecule has 0 spiro atoms. The Morgan fingerprint density at radius 2 is 2.06 bits per heavy atom. The topological polar surface area (TPSA) is 46.2 Å². The Morgan fingerprint density at radius 1 is 1.31 bits per heavy atom. The van der Waals surface area contributed by atoms with Crippen LogP contribution >= 0.6 is 0 Å². The van der Waals surface area contributed by atoms with Crippen molar-refractivity contribution < 1.29 is 8.42 Å². The van der Waals surface area contributed by atoms with Crippen LogP contribution in [0.15, 0.2) is 28.5 Å². The summed E-state index contributed by atoms with van der Waals surface area (Å²) in [5, 5.41) is 4.53. The predicted molar refractivity (Wildman–Crippen MR) is 64.9 cm³/mol. The highest BCUT2D eigenvalue weighted by Gasteiger charge is 2.26. The number of benzene rings is 1. The maximum atomic E-state index is 11.8. The van der Waals surface area contributed by atoms with Crippen LogP contribution in [0.5, 0.6) is 0 Å². The average Bonchev–Trinajstić information content (AvgIpc) is 2.47. The summed E-state index contributed by atoms with van der Waals surface area (Å²) in [5.74, 6) is 0. The summed E-state index contributed by atoms with van der Waals surface area (Å²) in [7, 11) is -3.20. The number of hydrogen-bond donors (Lipinski definition) is 1. The van der Waals surface area contributed by atoms with Crippen LogP contribution in [0.25, 0.3) is 5.57 Å². The first-order valence-corrected chi connectivity index (χ1v) is 6.86. The van der Waals surface area contributed by atoms with Gasteiger partial charge in [-0.05, 0) is 30.7 Å². The van der Waals surface area contributed by atoms with E-state index in [1.807, 2.05) is 26.0 Å². The molecule has 1 aromatic carbocycles. The lowest BCUT2D eigenvalue weighted by Crippen LogP contribution is -2.14. The molecule has 0 aliphatic carbocycles. The highest BCUT2D eigenvalue weighted by atomic mass is 32.2. The van der Waals surface area contributed by atoms with Crippen LogP contribution in [0.3, 0.4) is 0 Å². The van der Waals surface area contributed by atoms with Gasteiger partial charge < -0.3 is 5.32 Å². The zero-order valence-electron chi connectivity index (χ0n) is 9.45. The number of likely N-dealkylation sites (N-methyl/N-ethyl adjacent to an activating group) is 1. The zero-order chi connectivity index (χ0) is 11.8. The quantitative estimate of drug-likeness (QED) is 0.871. The van der Waals surface area contributed by atoms with Crippen LogP contribution in [0, 0.1) is 6.92 Å². The second-order valence-corrected chi connectivity index (χ2v) is 5.73. The van der Waals surface area contributed by atoms with Crippen LogP contribution in [-0.4, -0.2) is 21.5 Å². The van der Waals surface area contributed by atoms with E-state index in [9.17, 15) is 8.42 Å². The molecule has 4 heteroatoms. The van der Waals surface area contributed by atoms with E-state index < -0.39 is 9.84 Å². The van der Waals surface area contributed by atoms with Crippen LogP contribution in [0.4, 0.5) is 0 Å². The van der Waals surface area contributed by atoms with Gasteiger partial charge in [-0.25, -0.2) is 8.42 Å². The molecule has 0 saturated heterocycles. The Balaban J connectivity index is 2.49. The largest absolute Gasteiger partial charge is 0.313 e.